The second-order valence-corrected chi connectivity index (χ2v) is 5.50. The van der Waals surface area contributed by atoms with Crippen molar-refractivity contribution in [2.45, 2.75) is 25.7 Å². The van der Waals surface area contributed by atoms with Crippen LogP contribution in [0.3, 0.4) is 0 Å². The predicted molar refractivity (Wildman–Crippen MR) is 74.7 cm³/mol. The van der Waals surface area contributed by atoms with Crippen molar-refractivity contribution in [3.8, 4) is 11.4 Å². The van der Waals surface area contributed by atoms with Gasteiger partial charge in [0.05, 0.1) is 5.69 Å². The molecule has 92 valence electrons. The second-order valence-electron chi connectivity index (χ2n) is 4.70. The van der Waals surface area contributed by atoms with Gasteiger partial charge in [0, 0.05) is 11.5 Å². The number of aryl methyl sites for hydroxylation is 1. The van der Waals surface area contributed by atoms with E-state index in [4.69, 9.17) is 0 Å². The molecule has 0 amide bonds. The van der Waals surface area contributed by atoms with E-state index in [1.165, 1.54) is 0 Å². The van der Waals surface area contributed by atoms with Crippen LogP contribution in [0.4, 0.5) is 0 Å². The quantitative estimate of drug-likeness (QED) is 0.924. The van der Waals surface area contributed by atoms with Crippen LogP contribution in [0.2, 0.25) is 0 Å². The Hall–Kier alpha value is -1.42. The molecule has 4 heteroatoms. The number of nitrogens with one attached hydrogen (secondary N) is 1. The van der Waals surface area contributed by atoms with E-state index >= 15 is 0 Å². The number of benzene rings is 1. The minimum Gasteiger partial charge on any atom is -0.306 e. The molecule has 3 nitrogen and oxygen atoms in total. The van der Waals surface area contributed by atoms with E-state index in [1.54, 1.807) is 0 Å². The Kier molecular flexibility index (Phi) is 2.82. The van der Waals surface area contributed by atoms with Crippen molar-refractivity contribution < 1.29 is 0 Å². The highest BCUT2D eigenvalue weighted by atomic mass is 79.9. The van der Waals surface area contributed by atoms with E-state index in [1.807, 2.05) is 31.2 Å². The molecule has 0 spiro atoms. The van der Waals surface area contributed by atoms with Crippen LogP contribution < -0.4 is 5.56 Å². The second kappa shape index (κ2) is 4.35. The Labute approximate surface area is 113 Å². The van der Waals surface area contributed by atoms with Crippen LogP contribution in [0, 0.1) is 6.92 Å². The van der Waals surface area contributed by atoms with Gasteiger partial charge in [0.25, 0.3) is 5.56 Å². The van der Waals surface area contributed by atoms with E-state index in [2.05, 4.69) is 25.9 Å². The zero-order chi connectivity index (χ0) is 12.7. The molecular formula is C14H13BrN2O. The molecule has 1 aliphatic carbocycles. The Morgan fingerprint density at radius 1 is 1.33 bits per heavy atom. The number of aromatic nitrogens is 2. The van der Waals surface area contributed by atoms with E-state index in [9.17, 15) is 4.79 Å². The molecule has 0 bridgehead atoms. The van der Waals surface area contributed by atoms with Crippen LogP contribution in [0.1, 0.15) is 30.0 Å². The molecule has 1 fully saturated rings. The summed E-state index contributed by atoms with van der Waals surface area (Å²) in [5, 5.41) is 0. The van der Waals surface area contributed by atoms with Crippen molar-refractivity contribution in [3.05, 3.63) is 50.3 Å². The Morgan fingerprint density at radius 3 is 2.72 bits per heavy atom. The molecule has 1 aromatic heterocycles. The summed E-state index contributed by atoms with van der Waals surface area (Å²) in [7, 11) is 0. The summed E-state index contributed by atoms with van der Waals surface area (Å²) >= 11 is 3.34. The van der Waals surface area contributed by atoms with Gasteiger partial charge >= 0.3 is 0 Å². The number of nitrogens with zero attached hydrogens (tertiary/aromatic N) is 1. The summed E-state index contributed by atoms with van der Waals surface area (Å²) in [5.41, 5.74) is 2.91. The first-order chi connectivity index (χ1) is 8.66. The van der Waals surface area contributed by atoms with Gasteiger partial charge in [-0.25, -0.2) is 4.98 Å². The summed E-state index contributed by atoms with van der Waals surface area (Å²) in [6, 6.07) is 7.95. The highest BCUT2D eigenvalue weighted by Gasteiger charge is 2.29. The number of rotatable bonds is 2. The lowest BCUT2D eigenvalue weighted by Gasteiger charge is -2.08. The number of aromatic amines is 1. The zero-order valence-electron chi connectivity index (χ0n) is 10.0. The molecule has 0 unspecified atom stereocenters. The van der Waals surface area contributed by atoms with Crippen LogP contribution in [-0.4, -0.2) is 9.97 Å². The molecule has 1 aromatic carbocycles. The lowest BCUT2D eigenvalue weighted by molar-refractivity contribution is 0.959. The van der Waals surface area contributed by atoms with Gasteiger partial charge in [-0.2, -0.15) is 0 Å². The van der Waals surface area contributed by atoms with Crippen LogP contribution in [0.5, 0.6) is 0 Å². The molecule has 18 heavy (non-hydrogen) atoms. The van der Waals surface area contributed by atoms with Gasteiger partial charge in [0.1, 0.15) is 10.3 Å². The van der Waals surface area contributed by atoms with Gasteiger partial charge in [-0.1, -0.05) is 24.3 Å². The third-order valence-electron chi connectivity index (χ3n) is 3.25. The van der Waals surface area contributed by atoms with Crippen molar-refractivity contribution in [1.82, 2.24) is 9.97 Å². The monoisotopic (exact) mass is 304 g/mol. The average Bonchev–Trinajstić information content (AvgIpc) is 3.17. The van der Waals surface area contributed by atoms with Gasteiger partial charge < -0.3 is 4.98 Å². The molecule has 3 rings (SSSR count). The molecule has 0 radical (unpaired) electrons. The fraction of sp³-hybridized carbons (Fsp3) is 0.286. The molecule has 1 N–H and O–H groups in total. The van der Waals surface area contributed by atoms with E-state index < -0.39 is 0 Å². The molecule has 1 saturated carbocycles. The normalized spacial score (nSPS) is 14.8. The molecular weight excluding hydrogens is 292 g/mol. The van der Waals surface area contributed by atoms with Gasteiger partial charge in [0.15, 0.2) is 0 Å². The Morgan fingerprint density at radius 2 is 2.06 bits per heavy atom. The topological polar surface area (TPSA) is 45.8 Å². The van der Waals surface area contributed by atoms with Gasteiger partial charge in [0.2, 0.25) is 0 Å². The number of H-pyrrole nitrogens is 1. The Bertz CT molecular complexity index is 659. The summed E-state index contributed by atoms with van der Waals surface area (Å²) in [6.07, 6.45) is 2.25. The molecule has 0 atom stereocenters. The van der Waals surface area contributed by atoms with Crippen LogP contribution in [0.25, 0.3) is 11.4 Å². The molecule has 2 aromatic rings. The van der Waals surface area contributed by atoms with E-state index in [0.717, 1.165) is 29.7 Å². The smallest absolute Gasteiger partial charge is 0.265 e. The maximum absolute atomic E-state index is 11.9. The zero-order valence-corrected chi connectivity index (χ0v) is 11.6. The standard InChI is InChI=1S/C14H13BrN2O/c1-8-4-2-3-5-10(8)13-16-12(9-6-7-9)11(15)14(18)17-13/h2-5,9H,6-7H2,1H3,(H,16,17,18). The maximum atomic E-state index is 11.9. The molecule has 0 saturated heterocycles. The van der Waals surface area contributed by atoms with Crippen LogP contribution in [0.15, 0.2) is 33.5 Å². The maximum Gasteiger partial charge on any atom is 0.265 e. The minimum absolute atomic E-state index is 0.0925. The van der Waals surface area contributed by atoms with Crippen molar-refractivity contribution in [2.75, 3.05) is 0 Å². The molecule has 1 aliphatic rings. The van der Waals surface area contributed by atoms with Gasteiger partial charge in [-0.3, -0.25) is 4.79 Å². The van der Waals surface area contributed by atoms with Gasteiger partial charge in [-0.15, -0.1) is 0 Å². The number of hydrogen-bond donors (Lipinski definition) is 1. The summed E-state index contributed by atoms with van der Waals surface area (Å²) in [6.45, 7) is 2.02. The van der Waals surface area contributed by atoms with Crippen LogP contribution >= 0.6 is 15.9 Å². The first kappa shape index (κ1) is 11.7. The highest BCUT2D eigenvalue weighted by Crippen LogP contribution is 2.41. The van der Waals surface area contributed by atoms with E-state index in [-0.39, 0.29) is 5.56 Å². The first-order valence-electron chi connectivity index (χ1n) is 6.02. The number of hydrogen-bond acceptors (Lipinski definition) is 2. The van der Waals surface area contributed by atoms with E-state index in [0.29, 0.717) is 16.2 Å². The highest BCUT2D eigenvalue weighted by molar-refractivity contribution is 9.10. The lowest BCUT2D eigenvalue weighted by atomic mass is 10.1. The molecule has 1 heterocycles. The van der Waals surface area contributed by atoms with Crippen LogP contribution in [-0.2, 0) is 0 Å². The summed E-state index contributed by atoms with van der Waals surface area (Å²) in [5.74, 6) is 1.12. The first-order valence-corrected chi connectivity index (χ1v) is 6.82. The van der Waals surface area contributed by atoms with Gasteiger partial charge in [-0.05, 0) is 41.3 Å². The van der Waals surface area contributed by atoms with Crippen molar-refractivity contribution in [3.63, 3.8) is 0 Å². The SMILES string of the molecule is Cc1ccccc1-c1nc(C2CC2)c(Br)c(=O)[nH]1. The largest absolute Gasteiger partial charge is 0.306 e. The minimum atomic E-state index is -0.0925. The molecule has 0 aliphatic heterocycles. The lowest BCUT2D eigenvalue weighted by Crippen LogP contribution is -2.13. The fourth-order valence-electron chi connectivity index (χ4n) is 2.07. The van der Waals surface area contributed by atoms with Crippen molar-refractivity contribution >= 4 is 15.9 Å². The predicted octanol–water partition coefficient (Wildman–Crippen LogP) is 3.39. The fourth-order valence-corrected chi connectivity index (χ4v) is 2.58. The summed E-state index contributed by atoms with van der Waals surface area (Å²) in [4.78, 5) is 19.4. The van der Waals surface area contributed by atoms with Crippen molar-refractivity contribution in [2.24, 2.45) is 0 Å². The third kappa shape index (κ3) is 2.01. The summed E-state index contributed by atoms with van der Waals surface area (Å²) < 4.78 is 0.585. The third-order valence-corrected chi connectivity index (χ3v) is 4.02. The average molecular weight is 305 g/mol. The van der Waals surface area contributed by atoms with Crippen molar-refractivity contribution in [1.29, 1.82) is 0 Å². The Balaban J connectivity index is 2.19. The number of halogens is 1.